The molecule has 0 bridgehead atoms. The van der Waals surface area contributed by atoms with Crippen LogP contribution in [0.3, 0.4) is 0 Å². The average molecular weight is 371 g/mol. The van der Waals surface area contributed by atoms with Gasteiger partial charge >= 0.3 is 18.3 Å². The fourth-order valence-corrected chi connectivity index (χ4v) is 5.56. The van der Waals surface area contributed by atoms with Gasteiger partial charge in [-0.05, 0) is 17.8 Å². The molecule has 10 heteroatoms. The summed E-state index contributed by atoms with van der Waals surface area (Å²) in [4.78, 5) is 27.3. The quantitative estimate of drug-likeness (QED) is 0.459. The number of aliphatic hydroxyl groups is 1. The normalized spacial score (nSPS) is 33.8. The van der Waals surface area contributed by atoms with E-state index < -0.39 is 36.0 Å². The number of carbonyl (C=O) groups is 2. The fourth-order valence-electron chi connectivity index (χ4n) is 3.87. The van der Waals surface area contributed by atoms with E-state index in [-0.39, 0.29) is 16.4 Å². The fraction of sp³-hybridized carbons (Fsp3) is 0.733. The smallest absolute Gasteiger partial charge is 0.321 e. The highest BCUT2D eigenvalue weighted by atomic mass is 32.2. The van der Waals surface area contributed by atoms with E-state index in [1.165, 1.54) is 6.92 Å². The van der Waals surface area contributed by atoms with Crippen LogP contribution in [0.5, 0.6) is 0 Å². The van der Waals surface area contributed by atoms with Gasteiger partial charge in [-0.15, -0.1) is 11.8 Å². The van der Waals surface area contributed by atoms with Crippen molar-refractivity contribution in [3.63, 3.8) is 0 Å². The zero-order valence-corrected chi connectivity index (χ0v) is 14.8. The van der Waals surface area contributed by atoms with Crippen molar-refractivity contribution in [3.8, 4) is 0 Å². The summed E-state index contributed by atoms with van der Waals surface area (Å²) >= 11 is 1.58. The van der Waals surface area contributed by atoms with Crippen molar-refractivity contribution < 1.29 is 29.6 Å². The number of nitrogens with one attached hydrogen (secondary N) is 1. The van der Waals surface area contributed by atoms with Crippen LogP contribution in [-0.2, 0) is 22.7 Å². The lowest BCUT2D eigenvalue weighted by Gasteiger charge is -2.27. The number of aliphatic hydroxyl groups excluding tert-OH is 1. The van der Waals surface area contributed by atoms with Crippen molar-refractivity contribution >= 4 is 23.7 Å². The minimum Gasteiger partial charge on any atom is -0.481 e. The molecule has 6 atom stereocenters. The Morgan fingerprint density at radius 3 is 2.72 bits per heavy atom. The molecule has 2 aliphatic heterocycles. The van der Waals surface area contributed by atoms with Crippen molar-refractivity contribution in [1.82, 2.24) is 15.0 Å². The lowest BCUT2D eigenvalue weighted by molar-refractivity contribution is -0.758. The molecule has 0 saturated carbocycles. The number of hydrogen-bond donors (Lipinski definition) is 4. The van der Waals surface area contributed by atoms with E-state index in [0.717, 1.165) is 13.1 Å². The molecular weight excluding hydrogens is 348 g/mol. The number of carboxylic acids is 2. The van der Waals surface area contributed by atoms with Gasteiger partial charge in [0.2, 0.25) is 6.33 Å². The van der Waals surface area contributed by atoms with Crippen LogP contribution in [-0.4, -0.2) is 65.6 Å². The highest BCUT2D eigenvalue weighted by Gasteiger charge is 2.51. The summed E-state index contributed by atoms with van der Waals surface area (Å²) in [5.41, 5.74) is 0. The monoisotopic (exact) mass is 371 g/mol. The van der Waals surface area contributed by atoms with Crippen molar-refractivity contribution in [2.75, 3.05) is 0 Å². The molecule has 3 rings (SSSR count). The van der Waals surface area contributed by atoms with Gasteiger partial charge in [0.05, 0.1) is 23.8 Å². The number of carboxylic acid groups (broad SMARTS) is 2. The molecule has 1 aromatic heterocycles. The third-order valence-corrected chi connectivity index (χ3v) is 6.80. The van der Waals surface area contributed by atoms with Crippen molar-refractivity contribution in [2.24, 2.45) is 11.8 Å². The predicted octanol–water partition coefficient (Wildman–Crippen LogP) is -1.20. The molecule has 0 aliphatic carbocycles. The molecule has 1 saturated heterocycles. The van der Waals surface area contributed by atoms with E-state index >= 15 is 0 Å². The molecular formula is C15H23N4O5S+. The van der Waals surface area contributed by atoms with Crippen molar-refractivity contribution in [1.29, 1.82) is 0 Å². The Hall–Kier alpha value is -1.65. The second-order valence-electron chi connectivity index (χ2n) is 6.82. The molecule has 9 nitrogen and oxygen atoms in total. The van der Waals surface area contributed by atoms with Crippen LogP contribution in [0.15, 0.2) is 12.7 Å². The van der Waals surface area contributed by atoms with Crippen LogP contribution in [0.1, 0.15) is 13.8 Å². The number of rotatable bonds is 6. The maximum Gasteiger partial charge on any atom is 0.321 e. The van der Waals surface area contributed by atoms with Crippen LogP contribution in [0.25, 0.3) is 0 Å². The number of hydrogen-bond acceptors (Lipinski definition) is 6. The zero-order chi connectivity index (χ0) is 18.3. The highest BCUT2D eigenvalue weighted by Crippen LogP contribution is 2.38. The SMILES string of the molecule is C[C@@H]1[C@H]([C@H](C(=O)O)[C@@H](C)O)NC(C(=O)O)[C@@H]1SC1Cn2cnc[n+]2C1. The maximum absolute atomic E-state index is 11.7. The minimum absolute atomic E-state index is 0.202. The molecule has 1 aromatic rings. The van der Waals surface area contributed by atoms with Gasteiger partial charge in [0.1, 0.15) is 12.6 Å². The Balaban J connectivity index is 1.76. The Morgan fingerprint density at radius 1 is 1.44 bits per heavy atom. The first-order valence-corrected chi connectivity index (χ1v) is 9.19. The van der Waals surface area contributed by atoms with Gasteiger partial charge in [0, 0.05) is 11.3 Å². The summed E-state index contributed by atoms with van der Waals surface area (Å²) in [6.45, 7) is 4.77. The first kappa shape index (κ1) is 18.2. The second kappa shape index (κ2) is 6.93. The zero-order valence-electron chi connectivity index (χ0n) is 14.0. The number of nitrogens with zero attached hydrogens (tertiary/aromatic N) is 3. The van der Waals surface area contributed by atoms with E-state index in [1.807, 2.05) is 16.3 Å². The average Bonchev–Trinajstić information content (AvgIpc) is 3.15. The van der Waals surface area contributed by atoms with Crippen LogP contribution < -0.4 is 10.00 Å². The summed E-state index contributed by atoms with van der Waals surface area (Å²) in [6, 6.07) is -1.43. The molecule has 1 unspecified atom stereocenters. The molecule has 0 amide bonds. The number of fused-ring (bicyclic) bond motifs is 1. The summed E-state index contributed by atoms with van der Waals surface area (Å²) in [7, 11) is 0. The molecule has 2 aliphatic rings. The summed E-state index contributed by atoms with van der Waals surface area (Å²) in [5, 5.41) is 31.8. The lowest BCUT2D eigenvalue weighted by Crippen LogP contribution is -2.47. The largest absolute Gasteiger partial charge is 0.481 e. The topological polar surface area (TPSA) is 129 Å². The number of thioether (sulfide) groups is 1. The van der Waals surface area contributed by atoms with Gasteiger partial charge in [-0.1, -0.05) is 6.92 Å². The molecule has 0 spiro atoms. The van der Waals surface area contributed by atoms with E-state index in [1.54, 1.807) is 24.4 Å². The molecule has 0 aromatic carbocycles. The Bertz CT molecular complexity index is 646. The molecule has 0 radical (unpaired) electrons. The van der Waals surface area contributed by atoms with E-state index in [2.05, 4.69) is 10.3 Å². The lowest BCUT2D eigenvalue weighted by atomic mass is 9.87. The van der Waals surface area contributed by atoms with Crippen LogP contribution in [0.4, 0.5) is 0 Å². The van der Waals surface area contributed by atoms with Crippen molar-refractivity contribution in [3.05, 3.63) is 12.7 Å². The first-order valence-electron chi connectivity index (χ1n) is 8.24. The van der Waals surface area contributed by atoms with Gasteiger partial charge < -0.3 is 15.3 Å². The molecule has 1 fully saturated rings. The maximum atomic E-state index is 11.7. The van der Waals surface area contributed by atoms with Crippen LogP contribution in [0.2, 0.25) is 0 Å². The first-order chi connectivity index (χ1) is 11.8. The minimum atomic E-state index is -1.12. The van der Waals surface area contributed by atoms with E-state index in [9.17, 15) is 24.9 Å². The highest BCUT2D eigenvalue weighted by molar-refractivity contribution is 8.00. The van der Waals surface area contributed by atoms with E-state index in [4.69, 9.17) is 0 Å². The van der Waals surface area contributed by atoms with Gasteiger partial charge in [-0.2, -0.15) is 9.36 Å². The third-order valence-electron chi connectivity index (χ3n) is 5.10. The summed E-state index contributed by atoms with van der Waals surface area (Å²) < 4.78 is 3.96. The standard InChI is InChI=1S/C15H22N4O5S/c1-7-11(10(8(2)20)14(21)22)17-12(15(23)24)13(7)25-9-3-18-5-16-6-19(18)4-9/h5-13,17,20H,3-4H2,1-2H3,(H-,21,22,23,24)/p+1/t7-,8-,10-,11-,12?,13-/m1/s1. The Kier molecular flexibility index (Phi) is 5.03. The van der Waals surface area contributed by atoms with Crippen LogP contribution in [0, 0.1) is 11.8 Å². The van der Waals surface area contributed by atoms with Gasteiger partial charge in [-0.3, -0.25) is 14.9 Å². The number of aliphatic carboxylic acids is 2. The van der Waals surface area contributed by atoms with Gasteiger partial charge in [-0.25, -0.2) is 0 Å². The molecule has 25 heavy (non-hydrogen) atoms. The molecule has 4 N–H and O–H groups in total. The third kappa shape index (κ3) is 3.38. The van der Waals surface area contributed by atoms with Crippen LogP contribution >= 0.6 is 11.8 Å². The summed E-state index contributed by atoms with van der Waals surface area (Å²) in [6.07, 6.45) is 2.41. The molecule has 3 heterocycles. The Morgan fingerprint density at radius 2 is 2.16 bits per heavy atom. The summed E-state index contributed by atoms with van der Waals surface area (Å²) in [5.74, 6) is -3.36. The molecule has 138 valence electrons. The van der Waals surface area contributed by atoms with Gasteiger partial charge in [0.15, 0.2) is 0 Å². The van der Waals surface area contributed by atoms with E-state index in [0.29, 0.717) is 0 Å². The van der Waals surface area contributed by atoms with Crippen molar-refractivity contribution in [2.45, 2.75) is 55.6 Å². The predicted molar refractivity (Wildman–Crippen MR) is 87.9 cm³/mol. The Labute approximate surface area is 149 Å². The number of aromatic nitrogens is 3. The second-order valence-corrected chi connectivity index (χ2v) is 8.30. The van der Waals surface area contributed by atoms with Gasteiger partial charge in [0.25, 0.3) is 0 Å².